The van der Waals surface area contributed by atoms with Crippen LogP contribution in [0.1, 0.15) is 58.3 Å². The van der Waals surface area contributed by atoms with Gasteiger partial charge in [-0.3, -0.25) is 0 Å². The fourth-order valence-corrected chi connectivity index (χ4v) is 1.57. The molecule has 1 heteroatoms. The summed E-state index contributed by atoms with van der Waals surface area (Å²) in [5.74, 6) is 0. The van der Waals surface area contributed by atoms with Crippen LogP contribution in [0.25, 0.3) is 0 Å². The van der Waals surface area contributed by atoms with Gasteiger partial charge >= 0.3 is 0 Å². The summed E-state index contributed by atoms with van der Waals surface area (Å²) in [6.07, 6.45) is 15.3. The van der Waals surface area contributed by atoms with Crippen LogP contribution in [0.3, 0.4) is 0 Å². The molecule has 0 aromatic rings. The van der Waals surface area contributed by atoms with Crippen LogP contribution in [0.15, 0.2) is 24.8 Å². The average Bonchev–Trinajstić information content (AvgIpc) is 2.26. The van der Waals surface area contributed by atoms with Gasteiger partial charge < -0.3 is 5.11 Å². The average molecular weight is 210 g/mol. The van der Waals surface area contributed by atoms with Gasteiger partial charge in [0.05, 0.1) is 6.10 Å². The van der Waals surface area contributed by atoms with Crippen molar-refractivity contribution in [2.24, 2.45) is 0 Å². The highest BCUT2D eigenvalue weighted by Gasteiger charge is 1.99. The lowest BCUT2D eigenvalue weighted by molar-refractivity contribution is 0.156. The molecule has 1 unspecified atom stereocenters. The van der Waals surface area contributed by atoms with E-state index < -0.39 is 0 Å². The second-order valence-electron chi connectivity index (χ2n) is 4.07. The van der Waals surface area contributed by atoms with Crippen molar-refractivity contribution in [1.29, 1.82) is 0 Å². The van der Waals surface area contributed by atoms with E-state index in [1.807, 2.05) is 19.1 Å². The highest BCUT2D eigenvalue weighted by molar-refractivity contribution is 4.96. The standard InChI is InChI=1S/C14H26O/c1-3-5-6-7-8-9-10-11-12-13-14(15)4-2/h3,5-6,14-15H,1,4,7-13H2,2H3. The SMILES string of the molecule is C=CC=CCCCCCCCC(O)CC. The van der Waals surface area contributed by atoms with E-state index in [0.29, 0.717) is 0 Å². The Morgan fingerprint density at radius 3 is 2.47 bits per heavy atom. The molecule has 0 heterocycles. The van der Waals surface area contributed by atoms with Crippen molar-refractivity contribution < 1.29 is 5.11 Å². The molecule has 0 aromatic heterocycles. The van der Waals surface area contributed by atoms with Crippen LogP contribution in [-0.4, -0.2) is 11.2 Å². The quantitative estimate of drug-likeness (QED) is 0.422. The van der Waals surface area contributed by atoms with Crippen LogP contribution in [0, 0.1) is 0 Å². The minimum absolute atomic E-state index is 0.0690. The lowest BCUT2D eigenvalue weighted by Crippen LogP contribution is -2.03. The molecule has 1 nitrogen and oxygen atoms in total. The number of hydrogen-bond acceptors (Lipinski definition) is 1. The third kappa shape index (κ3) is 11.4. The Morgan fingerprint density at radius 1 is 1.13 bits per heavy atom. The van der Waals surface area contributed by atoms with Gasteiger partial charge in [0.25, 0.3) is 0 Å². The zero-order valence-electron chi connectivity index (χ0n) is 10.1. The van der Waals surface area contributed by atoms with Gasteiger partial charge in [-0.1, -0.05) is 57.4 Å². The van der Waals surface area contributed by atoms with E-state index in [1.165, 1.54) is 38.5 Å². The molecule has 0 radical (unpaired) electrons. The van der Waals surface area contributed by atoms with Crippen molar-refractivity contribution in [2.45, 2.75) is 64.4 Å². The summed E-state index contributed by atoms with van der Waals surface area (Å²) < 4.78 is 0. The number of unbranched alkanes of at least 4 members (excludes halogenated alkanes) is 5. The Morgan fingerprint density at radius 2 is 1.80 bits per heavy atom. The van der Waals surface area contributed by atoms with E-state index in [2.05, 4.69) is 12.7 Å². The molecule has 0 aliphatic heterocycles. The summed E-state index contributed by atoms with van der Waals surface area (Å²) in [5, 5.41) is 9.34. The van der Waals surface area contributed by atoms with Gasteiger partial charge in [-0.15, -0.1) is 0 Å². The smallest absolute Gasteiger partial charge is 0.0537 e. The topological polar surface area (TPSA) is 20.2 Å². The molecule has 0 spiro atoms. The lowest BCUT2D eigenvalue weighted by Gasteiger charge is -2.06. The Labute approximate surface area is 94.9 Å². The third-order valence-corrected chi connectivity index (χ3v) is 2.65. The minimum atomic E-state index is -0.0690. The van der Waals surface area contributed by atoms with E-state index in [9.17, 15) is 5.11 Å². The molecular formula is C14H26O. The van der Waals surface area contributed by atoms with Crippen LogP contribution < -0.4 is 0 Å². The van der Waals surface area contributed by atoms with Gasteiger partial charge in [-0.05, 0) is 25.7 Å². The molecule has 0 bridgehead atoms. The highest BCUT2D eigenvalue weighted by atomic mass is 16.3. The number of aliphatic hydroxyl groups excluding tert-OH is 1. The fraction of sp³-hybridized carbons (Fsp3) is 0.714. The zero-order chi connectivity index (χ0) is 11.4. The Bertz CT molecular complexity index is 161. The zero-order valence-corrected chi connectivity index (χ0v) is 10.1. The molecule has 88 valence electrons. The second-order valence-corrected chi connectivity index (χ2v) is 4.07. The number of aliphatic hydroxyl groups is 1. The van der Waals surface area contributed by atoms with Gasteiger partial charge in [0.15, 0.2) is 0 Å². The third-order valence-electron chi connectivity index (χ3n) is 2.65. The van der Waals surface area contributed by atoms with Gasteiger partial charge in [0.2, 0.25) is 0 Å². The maximum absolute atomic E-state index is 9.34. The van der Waals surface area contributed by atoms with E-state index in [1.54, 1.807) is 0 Å². The van der Waals surface area contributed by atoms with E-state index in [-0.39, 0.29) is 6.10 Å². The first kappa shape index (κ1) is 14.4. The molecule has 0 aliphatic carbocycles. The van der Waals surface area contributed by atoms with Gasteiger partial charge in [-0.25, -0.2) is 0 Å². The molecule has 0 amide bonds. The van der Waals surface area contributed by atoms with E-state index >= 15 is 0 Å². The van der Waals surface area contributed by atoms with E-state index in [0.717, 1.165) is 12.8 Å². The largest absolute Gasteiger partial charge is 0.393 e. The van der Waals surface area contributed by atoms with Crippen molar-refractivity contribution in [3.05, 3.63) is 24.8 Å². The van der Waals surface area contributed by atoms with Crippen LogP contribution in [-0.2, 0) is 0 Å². The summed E-state index contributed by atoms with van der Waals surface area (Å²) in [6, 6.07) is 0. The molecule has 0 fully saturated rings. The summed E-state index contributed by atoms with van der Waals surface area (Å²) in [4.78, 5) is 0. The lowest BCUT2D eigenvalue weighted by atomic mass is 10.1. The maximum Gasteiger partial charge on any atom is 0.0537 e. The van der Waals surface area contributed by atoms with Crippen molar-refractivity contribution in [3.63, 3.8) is 0 Å². The molecule has 1 N–H and O–H groups in total. The highest BCUT2D eigenvalue weighted by Crippen LogP contribution is 2.10. The predicted molar refractivity (Wildman–Crippen MR) is 68.0 cm³/mol. The number of rotatable bonds is 10. The molecule has 0 aliphatic rings. The molecule has 0 saturated carbocycles. The fourth-order valence-electron chi connectivity index (χ4n) is 1.57. The Balaban J connectivity index is 3.05. The van der Waals surface area contributed by atoms with Crippen LogP contribution >= 0.6 is 0 Å². The normalized spacial score (nSPS) is 13.2. The Hall–Kier alpha value is -0.560. The molecule has 1 atom stereocenters. The Kier molecular flexibility index (Phi) is 11.1. The summed E-state index contributed by atoms with van der Waals surface area (Å²) in [6.45, 7) is 5.67. The first-order chi connectivity index (χ1) is 7.31. The maximum atomic E-state index is 9.34. The minimum Gasteiger partial charge on any atom is -0.393 e. The van der Waals surface area contributed by atoms with Crippen molar-refractivity contribution >= 4 is 0 Å². The summed E-state index contributed by atoms with van der Waals surface area (Å²) in [5.41, 5.74) is 0. The van der Waals surface area contributed by atoms with Crippen LogP contribution in [0.5, 0.6) is 0 Å². The van der Waals surface area contributed by atoms with Gasteiger partial charge in [-0.2, -0.15) is 0 Å². The molecule has 15 heavy (non-hydrogen) atoms. The summed E-state index contributed by atoms with van der Waals surface area (Å²) in [7, 11) is 0. The van der Waals surface area contributed by atoms with Crippen molar-refractivity contribution in [2.75, 3.05) is 0 Å². The molecule has 0 saturated heterocycles. The van der Waals surface area contributed by atoms with Gasteiger partial charge in [0.1, 0.15) is 0 Å². The van der Waals surface area contributed by atoms with Crippen LogP contribution in [0.2, 0.25) is 0 Å². The first-order valence-electron chi connectivity index (χ1n) is 6.26. The number of allylic oxidation sites excluding steroid dienone is 3. The van der Waals surface area contributed by atoms with Crippen molar-refractivity contribution in [1.82, 2.24) is 0 Å². The van der Waals surface area contributed by atoms with E-state index in [4.69, 9.17) is 0 Å². The molecule has 0 rings (SSSR count). The first-order valence-corrected chi connectivity index (χ1v) is 6.26. The predicted octanol–water partition coefficient (Wildman–Crippen LogP) is 4.23. The molecular weight excluding hydrogens is 184 g/mol. The van der Waals surface area contributed by atoms with Gasteiger partial charge in [0, 0.05) is 0 Å². The number of hydrogen-bond donors (Lipinski definition) is 1. The monoisotopic (exact) mass is 210 g/mol. The summed E-state index contributed by atoms with van der Waals surface area (Å²) >= 11 is 0. The molecule has 0 aromatic carbocycles. The van der Waals surface area contributed by atoms with Crippen LogP contribution in [0.4, 0.5) is 0 Å². The van der Waals surface area contributed by atoms with Crippen molar-refractivity contribution in [3.8, 4) is 0 Å². The second kappa shape index (κ2) is 11.5.